The molecule has 2 aromatic carbocycles. The Morgan fingerprint density at radius 2 is 1.90 bits per heavy atom. The van der Waals surface area contributed by atoms with Crippen LogP contribution in [0.5, 0.6) is 0 Å². The van der Waals surface area contributed by atoms with Crippen LogP contribution in [0.25, 0.3) is 11.1 Å². The molecule has 5 nitrogen and oxygen atoms in total. The van der Waals surface area contributed by atoms with Crippen LogP contribution in [0.4, 0.5) is 4.39 Å². The summed E-state index contributed by atoms with van der Waals surface area (Å²) < 4.78 is 37.9. The van der Waals surface area contributed by atoms with Crippen molar-refractivity contribution in [2.24, 2.45) is 11.8 Å². The summed E-state index contributed by atoms with van der Waals surface area (Å²) in [5.74, 6) is -0.568. The number of benzene rings is 2. The van der Waals surface area contributed by atoms with Gasteiger partial charge in [0.1, 0.15) is 5.82 Å². The SMILES string of the molecule is CS(=O)(=O)c1ccc(-c2ccc(C[C@@H](C#N)CC(=O)[C@H]3N[C@@H]4CC[C@H]3C4)c(F)c2)cc1. The first kappa shape index (κ1) is 21.7. The number of rotatable bonds is 7. The summed E-state index contributed by atoms with van der Waals surface area (Å²) in [6.07, 6.45) is 4.67. The van der Waals surface area contributed by atoms with Crippen molar-refractivity contribution in [3.63, 3.8) is 0 Å². The van der Waals surface area contributed by atoms with Crippen molar-refractivity contribution in [1.82, 2.24) is 5.32 Å². The molecule has 1 heterocycles. The summed E-state index contributed by atoms with van der Waals surface area (Å²) in [6, 6.07) is 13.5. The molecule has 2 fully saturated rings. The second-order valence-electron chi connectivity index (χ2n) is 8.72. The fourth-order valence-corrected chi connectivity index (χ4v) is 5.43. The zero-order valence-corrected chi connectivity index (χ0v) is 18.2. The monoisotopic (exact) mass is 440 g/mol. The molecule has 162 valence electrons. The number of hydrogen-bond donors (Lipinski definition) is 1. The lowest BCUT2D eigenvalue weighted by molar-refractivity contribution is -0.122. The van der Waals surface area contributed by atoms with Gasteiger partial charge in [-0.25, -0.2) is 12.8 Å². The number of nitrogens with one attached hydrogen (secondary N) is 1. The average molecular weight is 441 g/mol. The summed E-state index contributed by atoms with van der Waals surface area (Å²) in [5, 5.41) is 12.9. The van der Waals surface area contributed by atoms with Crippen molar-refractivity contribution in [3.8, 4) is 17.2 Å². The van der Waals surface area contributed by atoms with Crippen molar-refractivity contribution >= 4 is 15.6 Å². The number of fused-ring (bicyclic) bond motifs is 2. The van der Waals surface area contributed by atoms with Gasteiger partial charge in [0, 0.05) is 18.7 Å². The highest BCUT2D eigenvalue weighted by molar-refractivity contribution is 7.90. The number of ketones is 1. The summed E-state index contributed by atoms with van der Waals surface area (Å²) in [7, 11) is -3.29. The minimum Gasteiger partial charge on any atom is -0.304 e. The van der Waals surface area contributed by atoms with E-state index in [2.05, 4.69) is 11.4 Å². The fraction of sp³-hybridized carbons (Fsp3) is 0.417. The minimum absolute atomic E-state index is 0.0572. The quantitative estimate of drug-likeness (QED) is 0.710. The van der Waals surface area contributed by atoms with E-state index in [0.29, 0.717) is 28.7 Å². The fourth-order valence-electron chi connectivity index (χ4n) is 4.80. The number of nitrogens with zero attached hydrogens (tertiary/aromatic N) is 1. The number of Topliss-reactive ketones (excluding diaryl/α,β-unsaturated/α-hetero) is 1. The number of piperidine rings is 1. The van der Waals surface area contributed by atoms with Crippen LogP contribution < -0.4 is 5.32 Å². The van der Waals surface area contributed by atoms with Gasteiger partial charge in [0.05, 0.1) is 22.9 Å². The highest BCUT2D eigenvalue weighted by atomic mass is 32.2. The normalized spacial score (nSPS) is 23.5. The Labute approximate surface area is 182 Å². The molecule has 31 heavy (non-hydrogen) atoms. The molecule has 0 amide bonds. The van der Waals surface area contributed by atoms with Crippen LogP contribution >= 0.6 is 0 Å². The maximum atomic E-state index is 14.8. The number of carbonyl (C=O) groups is 1. The van der Waals surface area contributed by atoms with Crippen LogP contribution in [0.2, 0.25) is 0 Å². The van der Waals surface area contributed by atoms with Gasteiger partial charge in [-0.2, -0.15) is 5.26 Å². The summed E-state index contributed by atoms with van der Waals surface area (Å²) in [4.78, 5) is 12.9. The topological polar surface area (TPSA) is 87.0 Å². The summed E-state index contributed by atoms with van der Waals surface area (Å²) in [6.45, 7) is 0. The van der Waals surface area contributed by atoms with Crippen molar-refractivity contribution in [2.45, 2.75) is 49.1 Å². The van der Waals surface area contributed by atoms with E-state index in [1.807, 2.05) is 0 Å². The Bertz CT molecular complexity index is 1140. The number of halogens is 1. The smallest absolute Gasteiger partial charge is 0.175 e. The predicted molar refractivity (Wildman–Crippen MR) is 115 cm³/mol. The molecule has 0 radical (unpaired) electrons. The number of sulfone groups is 1. The first-order valence-electron chi connectivity index (χ1n) is 10.5. The first-order valence-corrected chi connectivity index (χ1v) is 12.4. The van der Waals surface area contributed by atoms with Crippen molar-refractivity contribution in [2.75, 3.05) is 6.26 Å². The highest BCUT2D eigenvalue weighted by Crippen LogP contribution is 2.36. The van der Waals surface area contributed by atoms with Gasteiger partial charge in [0.2, 0.25) is 0 Å². The third-order valence-corrected chi connectivity index (χ3v) is 7.60. The Balaban J connectivity index is 1.43. The van der Waals surface area contributed by atoms with E-state index < -0.39 is 21.6 Å². The number of hydrogen-bond acceptors (Lipinski definition) is 5. The van der Waals surface area contributed by atoms with Gasteiger partial charge in [-0.3, -0.25) is 4.79 Å². The van der Waals surface area contributed by atoms with Crippen LogP contribution in [0.3, 0.4) is 0 Å². The predicted octanol–water partition coefficient (Wildman–Crippen LogP) is 3.68. The Morgan fingerprint density at radius 3 is 2.45 bits per heavy atom. The van der Waals surface area contributed by atoms with Gasteiger partial charge < -0.3 is 5.32 Å². The minimum atomic E-state index is -3.29. The lowest BCUT2D eigenvalue weighted by Gasteiger charge is -2.22. The van der Waals surface area contributed by atoms with Gasteiger partial charge in [0.25, 0.3) is 0 Å². The maximum Gasteiger partial charge on any atom is 0.175 e. The van der Waals surface area contributed by atoms with Crippen LogP contribution in [-0.4, -0.2) is 32.5 Å². The Hall–Kier alpha value is -2.56. The molecule has 0 unspecified atom stereocenters. The molecule has 0 spiro atoms. The second-order valence-corrected chi connectivity index (χ2v) is 10.7. The molecule has 1 aliphatic heterocycles. The number of nitriles is 1. The lowest BCUT2D eigenvalue weighted by atomic mass is 9.88. The maximum absolute atomic E-state index is 14.8. The zero-order valence-electron chi connectivity index (χ0n) is 17.3. The third-order valence-electron chi connectivity index (χ3n) is 6.47. The molecule has 1 aliphatic carbocycles. The molecule has 2 aromatic rings. The Kier molecular flexibility index (Phi) is 5.96. The molecule has 1 saturated carbocycles. The van der Waals surface area contributed by atoms with E-state index in [1.165, 1.54) is 18.2 Å². The van der Waals surface area contributed by atoms with Gasteiger partial charge in [-0.1, -0.05) is 24.3 Å². The van der Waals surface area contributed by atoms with Crippen molar-refractivity contribution in [3.05, 3.63) is 53.8 Å². The molecule has 0 aromatic heterocycles. The first-order chi connectivity index (χ1) is 14.7. The Morgan fingerprint density at radius 1 is 1.19 bits per heavy atom. The van der Waals surface area contributed by atoms with E-state index in [-0.39, 0.29) is 29.6 Å². The summed E-state index contributed by atoms with van der Waals surface area (Å²) in [5.41, 5.74) is 1.72. The van der Waals surface area contributed by atoms with Crippen LogP contribution in [0.1, 0.15) is 31.2 Å². The van der Waals surface area contributed by atoms with Gasteiger partial charge in [0.15, 0.2) is 15.6 Å². The average Bonchev–Trinajstić information content (AvgIpc) is 3.37. The van der Waals surface area contributed by atoms with E-state index in [0.717, 1.165) is 25.5 Å². The van der Waals surface area contributed by atoms with E-state index in [4.69, 9.17) is 0 Å². The van der Waals surface area contributed by atoms with Crippen LogP contribution in [-0.2, 0) is 21.1 Å². The van der Waals surface area contributed by atoms with Crippen LogP contribution in [0.15, 0.2) is 47.4 Å². The largest absolute Gasteiger partial charge is 0.304 e. The van der Waals surface area contributed by atoms with Gasteiger partial charge >= 0.3 is 0 Å². The molecule has 1 saturated heterocycles. The van der Waals surface area contributed by atoms with Gasteiger partial charge in [-0.15, -0.1) is 0 Å². The third kappa shape index (κ3) is 4.70. The van der Waals surface area contributed by atoms with E-state index in [1.54, 1.807) is 24.3 Å². The molecular formula is C24H25FN2O3S. The number of carbonyl (C=O) groups excluding carboxylic acids is 1. The molecule has 2 aliphatic rings. The van der Waals surface area contributed by atoms with Crippen molar-refractivity contribution in [1.29, 1.82) is 5.26 Å². The highest BCUT2D eigenvalue weighted by Gasteiger charge is 2.42. The van der Waals surface area contributed by atoms with E-state index >= 15 is 0 Å². The second kappa shape index (κ2) is 8.52. The summed E-state index contributed by atoms with van der Waals surface area (Å²) >= 11 is 0. The standard InChI is InChI=1S/C24H25FN2O3S/c1-31(29,30)21-8-5-16(6-9-21)17-2-3-18(22(25)13-17)10-15(14-26)11-23(28)24-19-4-7-20(12-19)27-24/h2-3,5-6,8-9,13,15,19-20,24,27H,4,7,10-12H2,1H3/t15-,19+,20-,24+/m1/s1. The molecule has 4 atom stereocenters. The van der Waals surface area contributed by atoms with Gasteiger partial charge in [-0.05, 0) is 66.5 Å². The molecular weight excluding hydrogens is 415 g/mol. The van der Waals surface area contributed by atoms with Crippen LogP contribution in [0, 0.1) is 29.0 Å². The lowest BCUT2D eigenvalue weighted by Crippen LogP contribution is -2.42. The molecule has 4 rings (SSSR count). The van der Waals surface area contributed by atoms with Crippen molar-refractivity contribution < 1.29 is 17.6 Å². The molecule has 1 N–H and O–H groups in total. The molecule has 7 heteroatoms. The molecule has 2 bridgehead atoms. The zero-order chi connectivity index (χ0) is 22.2. The van der Waals surface area contributed by atoms with E-state index in [9.17, 15) is 22.9 Å².